The minimum Gasteiger partial charge on any atom is -0.489 e. The fraction of sp³-hybridized carbons (Fsp3) is 0.500. The van der Waals surface area contributed by atoms with Crippen molar-refractivity contribution in [3.63, 3.8) is 0 Å². The van der Waals surface area contributed by atoms with Gasteiger partial charge in [0.15, 0.2) is 12.4 Å². The van der Waals surface area contributed by atoms with Crippen LogP contribution in [-0.4, -0.2) is 18.2 Å². The Morgan fingerprint density at radius 2 is 1.91 bits per heavy atom. The summed E-state index contributed by atoms with van der Waals surface area (Å²) in [5.74, 6) is 0.463. The molecule has 58 valence electrons. The first-order valence-electron chi connectivity index (χ1n) is 3.71. The fourth-order valence-electron chi connectivity index (χ4n) is 1.50. The summed E-state index contributed by atoms with van der Waals surface area (Å²) in [5.41, 5.74) is 0.344. The van der Waals surface area contributed by atoms with E-state index in [-0.39, 0.29) is 18.2 Å². The first-order chi connectivity index (χ1) is 5.29. The van der Waals surface area contributed by atoms with Crippen LogP contribution in [-0.2, 0) is 14.3 Å². The van der Waals surface area contributed by atoms with E-state index in [1.165, 1.54) is 0 Å². The molecule has 0 aromatic carbocycles. The largest absolute Gasteiger partial charge is 0.489 e. The number of hydrogen-bond donors (Lipinski definition) is 0. The van der Waals surface area contributed by atoms with Crippen LogP contribution in [0.3, 0.4) is 0 Å². The molecular weight excluding hydrogens is 144 g/mol. The third-order valence-electron chi connectivity index (χ3n) is 2.02. The molecule has 0 unspecified atom stereocenters. The minimum atomic E-state index is -0.135. The van der Waals surface area contributed by atoms with Crippen molar-refractivity contribution in [3.8, 4) is 0 Å². The molecule has 2 aliphatic rings. The van der Waals surface area contributed by atoms with Crippen molar-refractivity contribution in [3.05, 3.63) is 11.3 Å². The number of ether oxygens (including phenoxy) is 1. The Labute approximate surface area is 64.0 Å². The number of ketones is 2. The van der Waals surface area contributed by atoms with Crippen LogP contribution in [0.4, 0.5) is 0 Å². The van der Waals surface area contributed by atoms with E-state index in [1.807, 2.05) is 0 Å². The molecule has 2 rings (SSSR count). The van der Waals surface area contributed by atoms with Crippen molar-refractivity contribution in [2.45, 2.75) is 19.3 Å². The highest BCUT2D eigenvalue weighted by atomic mass is 16.5. The number of Topliss-reactive ketones (excluding diaryl/α,β-unsaturated/α-hetero) is 2. The summed E-state index contributed by atoms with van der Waals surface area (Å²) in [5, 5.41) is 0. The maximum absolute atomic E-state index is 11.1. The molecule has 0 bridgehead atoms. The van der Waals surface area contributed by atoms with E-state index in [0.717, 1.165) is 12.8 Å². The van der Waals surface area contributed by atoms with Crippen LogP contribution in [0.5, 0.6) is 0 Å². The van der Waals surface area contributed by atoms with Crippen LogP contribution in [0.15, 0.2) is 11.3 Å². The fourth-order valence-corrected chi connectivity index (χ4v) is 1.50. The number of allylic oxidation sites excluding steroid dienone is 1. The molecule has 0 saturated heterocycles. The highest BCUT2D eigenvalue weighted by Gasteiger charge is 2.32. The van der Waals surface area contributed by atoms with Crippen molar-refractivity contribution in [2.24, 2.45) is 0 Å². The van der Waals surface area contributed by atoms with Crippen LogP contribution in [0, 0.1) is 0 Å². The van der Waals surface area contributed by atoms with E-state index >= 15 is 0 Å². The summed E-state index contributed by atoms with van der Waals surface area (Å²) in [4.78, 5) is 22.1. The lowest BCUT2D eigenvalue weighted by Crippen LogP contribution is -2.14. The van der Waals surface area contributed by atoms with Crippen molar-refractivity contribution < 1.29 is 14.3 Å². The molecule has 0 N–H and O–H groups in total. The zero-order valence-electron chi connectivity index (χ0n) is 6.05. The van der Waals surface area contributed by atoms with Gasteiger partial charge in [-0.2, -0.15) is 0 Å². The van der Waals surface area contributed by atoms with Gasteiger partial charge in [0.2, 0.25) is 5.78 Å². The Balaban J connectivity index is 2.41. The zero-order valence-corrected chi connectivity index (χ0v) is 6.05. The number of carbonyl (C=O) groups excluding carboxylic acids is 2. The second-order valence-electron chi connectivity index (χ2n) is 2.79. The van der Waals surface area contributed by atoms with Crippen LogP contribution >= 0.6 is 0 Å². The molecule has 0 amide bonds. The lowest BCUT2D eigenvalue weighted by Gasteiger charge is -2.08. The predicted molar refractivity (Wildman–Crippen MR) is 36.8 cm³/mol. The molecule has 0 aromatic rings. The summed E-state index contributed by atoms with van der Waals surface area (Å²) in [6.07, 6.45) is 2.09. The molecular formula is C8H8O3. The molecule has 0 spiro atoms. The third-order valence-corrected chi connectivity index (χ3v) is 2.02. The monoisotopic (exact) mass is 152 g/mol. The maximum Gasteiger partial charge on any atom is 0.207 e. The molecule has 0 fully saturated rings. The van der Waals surface area contributed by atoms with Gasteiger partial charge in [-0.25, -0.2) is 0 Å². The van der Waals surface area contributed by atoms with Gasteiger partial charge in [-0.1, -0.05) is 0 Å². The molecule has 0 atom stereocenters. The van der Waals surface area contributed by atoms with E-state index < -0.39 is 0 Å². The van der Waals surface area contributed by atoms with E-state index in [2.05, 4.69) is 0 Å². The second kappa shape index (κ2) is 2.19. The van der Waals surface area contributed by atoms with Gasteiger partial charge in [0.1, 0.15) is 11.3 Å². The SMILES string of the molecule is O=C1CCCC2=C1C(=O)CO2. The average Bonchev–Trinajstić information content (AvgIpc) is 2.34. The Morgan fingerprint density at radius 1 is 1.09 bits per heavy atom. The van der Waals surface area contributed by atoms with Gasteiger partial charge in [0.25, 0.3) is 0 Å². The van der Waals surface area contributed by atoms with Crippen LogP contribution < -0.4 is 0 Å². The lowest BCUT2D eigenvalue weighted by atomic mass is 9.95. The maximum atomic E-state index is 11.1. The molecule has 3 nitrogen and oxygen atoms in total. The summed E-state index contributed by atoms with van der Waals surface area (Å²) >= 11 is 0. The Kier molecular flexibility index (Phi) is 1.31. The zero-order chi connectivity index (χ0) is 7.84. The Hall–Kier alpha value is -1.12. The van der Waals surface area contributed by atoms with Gasteiger partial charge < -0.3 is 4.74 Å². The van der Waals surface area contributed by atoms with E-state index in [1.54, 1.807) is 0 Å². The van der Waals surface area contributed by atoms with Gasteiger partial charge in [0.05, 0.1) is 0 Å². The highest BCUT2D eigenvalue weighted by molar-refractivity contribution is 6.22. The summed E-state index contributed by atoms with van der Waals surface area (Å²) in [6, 6.07) is 0. The smallest absolute Gasteiger partial charge is 0.207 e. The van der Waals surface area contributed by atoms with Gasteiger partial charge >= 0.3 is 0 Å². The number of hydrogen-bond acceptors (Lipinski definition) is 3. The van der Waals surface area contributed by atoms with E-state index in [4.69, 9.17) is 4.74 Å². The summed E-state index contributed by atoms with van der Waals surface area (Å²) < 4.78 is 5.05. The second-order valence-corrected chi connectivity index (χ2v) is 2.79. The lowest BCUT2D eigenvalue weighted by molar-refractivity contribution is -0.121. The summed E-state index contributed by atoms with van der Waals surface area (Å²) in [6.45, 7) is 0.0798. The molecule has 0 radical (unpaired) electrons. The van der Waals surface area contributed by atoms with Crippen LogP contribution in [0.2, 0.25) is 0 Å². The quantitative estimate of drug-likeness (QED) is 0.477. The predicted octanol–water partition coefficient (Wildman–Crippen LogP) is 0.593. The van der Waals surface area contributed by atoms with Crippen molar-refractivity contribution in [2.75, 3.05) is 6.61 Å². The first kappa shape index (κ1) is 6.58. The number of carbonyl (C=O) groups is 2. The third kappa shape index (κ3) is 0.878. The highest BCUT2D eigenvalue weighted by Crippen LogP contribution is 2.27. The van der Waals surface area contributed by atoms with E-state index in [9.17, 15) is 9.59 Å². The molecule has 1 heterocycles. The normalized spacial score (nSPS) is 23.6. The van der Waals surface area contributed by atoms with Crippen LogP contribution in [0.1, 0.15) is 19.3 Å². The van der Waals surface area contributed by atoms with Crippen molar-refractivity contribution >= 4 is 11.6 Å². The van der Waals surface area contributed by atoms with Gasteiger partial charge in [-0.3, -0.25) is 9.59 Å². The molecule has 0 aromatic heterocycles. The standard InChI is InChI=1S/C8H8O3/c9-5-2-1-3-7-8(5)6(10)4-11-7/h1-4H2. The van der Waals surface area contributed by atoms with Crippen molar-refractivity contribution in [1.82, 2.24) is 0 Å². The van der Waals surface area contributed by atoms with E-state index in [0.29, 0.717) is 17.8 Å². The molecule has 1 aliphatic carbocycles. The first-order valence-corrected chi connectivity index (χ1v) is 3.71. The Bertz CT molecular complexity index is 263. The van der Waals surface area contributed by atoms with Gasteiger partial charge in [-0.15, -0.1) is 0 Å². The van der Waals surface area contributed by atoms with Gasteiger partial charge in [0, 0.05) is 12.8 Å². The van der Waals surface area contributed by atoms with Crippen molar-refractivity contribution in [1.29, 1.82) is 0 Å². The number of rotatable bonds is 0. The topological polar surface area (TPSA) is 43.4 Å². The molecule has 1 aliphatic heterocycles. The van der Waals surface area contributed by atoms with Gasteiger partial charge in [-0.05, 0) is 6.42 Å². The molecule has 3 heteroatoms. The van der Waals surface area contributed by atoms with Crippen LogP contribution in [0.25, 0.3) is 0 Å². The molecule has 11 heavy (non-hydrogen) atoms. The average molecular weight is 152 g/mol. The minimum absolute atomic E-state index is 0.0336. The Morgan fingerprint density at radius 3 is 2.64 bits per heavy atom. The molecule has 0 saturated carbocycles. The summed E-state index contributed by atoms with van der Waals surface area (Å²) in [7, 11) is 0.